The summed E-state index contributed by atoms with van der Waals surface area (Å²) in [5.74, 6) is 0.748. The summed E-state index contributed by atoms with van der Waals surface area (Å²) in [4.78, 5) is 0. The molecule has 0 aliphatic carbocycles. The van der Waals surface area contributed by atoms with E-state index < -0.39 is 6.10 Å². The van der Waals surface area contributed by atoms with Gasteiger partial charge in [-0.25, -0.2) is 0 Å². The predicted octanol–water partition coefficient (Wildman–Crippen LogP) is 1.52. The van der Waals surface area contributed by atoms with Crippen LogP contribution in [0, 0.1) is 0 Å². The molecule has 0 amide bonds. The van der Waals surface area contributed by atoms with E-state index in [2.05, 4.69) is 0 Å². The third-order valence-corrected chi connectivity index (χ3v) is 2.20. The quantitative estimate of drug-likeness (QED) is 0.739. The lowest BCUT2D eigenvalue weighted by atomic mass is 10.1. The van der Waals surface area contributed by atoms with Crippen LogP contribution in [0.15, 0.2) is 24.3 Å². The third-order valence-electron chi connectivity index (χ3n) is 2.20. The van der Waals surface area contributed by atoms with Crippen molar-refractivity contribution in [2.75, 3.05) is 13.2 Å². The van der Waals surface area contributed by atoms with E-state index in [4.69, 9.17) is 9.47 Å². The van der Waals surface area contributed by atoms with Gasteiger partial charge in [0.1, 0.15) is 18.5 Å². The van der Waals surface area contributed by atoms with Gasteiger partial charge in [-0.05, 0) is 13.0 Å². The largest absolute Gasteiger partial charge is 0.490 e. The molecule has 0 bridgehead atoms. The van der Waals surface area contributed by atoms with Crippen LogP contribution < -0.4 is 4.74 Å². The molecule has 1 saturated heterocycles. The molecule has 1 N–H and O–H groups in total. The van der Waals surface area contributed by atoms with Gasteiger partial charge in [0, 0.05) is 5.56 Å². The summed E-state index contributed by atoms with van der Waals surface area (Å²) >= 11 is 0. The highest BCUT2D eigenvalue weighted by Gasteiger charge is 2.23. The number of hydrogen-bond acceptors (Lipinski definition) is 3. The van der Waals surface area contributed by atoms with Crippen LogP contribution >= 0.6 is 0 Å². The van der Waals surface area contributed by atoms with Gasteiger partial charge >= 0.3 is 0 Å². The molecule has 2 unspecified atom stereocenters. The van der Waals surface area contributed by atoms with E-state index >= 15 is 0 Å². The molecule has 1 aromatic rings. The standard InChI is InChI=1S/C11H14O3/c1-8(12)10-4-2-3-5-11(10)14-7-9-6-13-9/h2-5,8-9,12H,6-7H2,1H3. The van der Waals surface area contributed by atoms with Crippen LogP contribution in [0.5, 0.6) is 5.75 Å². The van der Waals surface area contributed by atoms with Crippen molar-refractivity contribution in [3.63, 3.8) is 0 Å². The SMILES string of the molecule is CC(O)c1ccccc1OCC1CO1. The second kappa shape index (κ2) is 3.98. The van der Waals surface area contributed by atoms with Gasteiger partial charge in [-0.2, -0.15) is 0 Å². The minimum absolute atomic E-state index is 0.247. The predicted molar refractivity (Wildman–Crippen MR) is 52.3 cm³/mol. The average molecular weight is 194 g/mol. The van der Waals surface area contributed by atoms with E-state index in [0.717, 1.165) is 17.9 Å². The van der Waals surface area contributed by atoms with Crippen molar-refractivity contribution in [1.82, 2.24) is 0 Å². The van der Waals surface area contributed by atoms with Crippen molar-refractivity contribution in [3.8, 4) is 5.75 Å². The molecule has 14 heavy (non-hydrogen) atoms. The first kappa shape index (κ1) is 9.49. The van der Waals surface area contributed by atoms with Gasteiger partial charge in [-0.15, -0.1) is 0 Å². The number of para-hydroxylation sites is 1. The average Bonchev–Trinajstić information content (AvgIpc) is 2.98. The smallest absolute Gasteiger partial charge is 0.125 e. The Hall–Kier alpha value is -1.06. The lowest BCUT2D eigenvalue weighted by Crippen LogP contribution is -2.06. The molecule has 1 fully saturated rings. The summed E-state index contributed by atoms with van der Waals surface area (Å²) in [5.41, 5.74) is 0.827. The first-order chi connectivity index (χ1) is 6.77. The van der Waals surface area contributed by atoms with Gasteiger partial charge in [0.05, 0.1) is 12.7 Å². The fourth-order valence-corrected chi connectivity index (χ4v) is 1.30. The van der Waals surface area contributed by atoms with Crippen molar-refractivity contribution in [2.24, 2.45) is 0 Å². The summed E-state index contributed by atoms with van der Waals surface area (Å²) in [7, 11) is 0. The van der Waals surface area contributed by atoms with Crippen LogP contribution in [0.3, 0.4) is 0 Å². The Kier molecular flexibility index (Phi) is 2.70. The Morgan fingerprint density at radius 3 is 2.93 bits per heavy atom. The van der Waals surface area contributed by atoms with Crippen LogP contribution in [0.4, 0.5) is 0 Å². The first-order valence-corrected chi connectivity index (χ1v) is 4.79. The summed E-state index contributed by atoms with van der Waals surface area (Å²) in [6.07, 6.45) is -0.247. The van der Waals surface area contributed by atoms with E-state index in [1.54, 1.807) is 6.92 Å². The fraction of sp³-hybridized carbons (Fsp3) is 0.455. The Morgan fingerprint density at radius 1 is 1.57 bits per heavy atom. The Labute approximate surface area is 83.3 Å². The van der Waals surface area contributed by atoms with E-state index in [0.29, 0.717) is 6.61 Å². The topological polar surface area (TPSA) is 42.0 Å². The third kappa shape index (κ3) is 2.25. The van der Waals surface area contributed by atoms with Gasteiger partial charge in [-0.3, -0.25) is 0 Å². The number of aliphatic hydroxyl groups excluding tert-OH is 1. The van der Waals surface area contributed by atoms with Crippen LogP contribution in [0.2, 0.25) is 0 Å². The second-order valence-corrected chi connectivity index (χ2v) is 3.48. The van der Waals surface area contributed by atoms with Crippen molar-refractivity contribution in [2.45, 2.75) is 19.1 Å². The summed E-state index contributed by atoms with van der Waals surface area (Å²) in [6.45, 7) is 3.09. The lowest BCUT2D eigenvalue weighted by molar-refractivity contribution is 0.188. The van der Waals surface area contributed by atoms with Gasteiger partial charge in [-0.1, -0.05) is 18.2 Å². The maximum absolute atomic E-state index is 9.47. The normalized spacial score (nSPS) is 21.7. The minimum Gasteiger partial charge on any atom is -0.490 e. The molecule has 0 aromatic heterocycles. The molecule has 1 aliphatic rings. The van der Waals surface area contributed by atoms with E-state index in [1.165, 1.54) is 0 Å². The molecule has 76 valence electrons. The number of benzene rings is 1. The number of aliphatic hydroxyl groups is 1. The Morgan fingerprint density at radius 2 is 2.29 bits per heavy atom. The van der Waals surface area contributed by atoms with Crippen LogP contribution in [-0.2, 0) is 4.74 Å². The van der Waals surface area contributed by atoms with Crippen molar-refractivity contribution in [3.05, 3.63) is 29.8 Å². The van der Waals surface area contributed by atoms with E-state index in [-0.39, 0.29) is 6.10 Å². The van der Waals surface area contributed by atoms with Crippen molar-refractivity contribution >= 4 is 0 Å². The molecule has 2 rings (SSSR count). The molecule has 0 saturated carbocycles. The van der Waals surface area contributed by atoms with E-state index in [9.17, 15) is 5.11 Å². The zero-order valence-corrected chi connectivity index (χ0v) is 8.14. The number of rotatable bonds is 4. The van der Waals surface area contributed by atoms with E-state index in [1.807, 2.05) is 24.3 Å². The fourth-order valence-electron chi connectivity index (χ4n) is 1.30. The van der Waals surface area contributed by atoms with Crippen molar-refractivity contribution < 1.29 is 14.6 Å². The molecule has 1 heterocycles. The Balaban J connectivity index is 2.05. The number of hydrogen-bond donors (Lipinski definition) is 1. The molecule has 0 spiro atoms. The maximum atomic E-state index is 9.47. The van der Waals surface area contributed by atoms with Crippen LogP contribution in [0.25, 0.3) is 0 Å². The number of ether oxygens (including phenoxy) is 2. The van der Waals surface area contributed by atoms with Gasteiger partial charge in [0.15, 0.2) is 0 Å². The highest BCUT2D eigenvalue weighted by atomic mass is 16.6. The molecule has 3 heteroatoms. The maximum Gasteiger partial charge on any atom is 0.125 e. The Bertz CT molecular complexity index is 305. The van der Waals surface area contributed by atoms with Gasteiger partial charge in [0.25, 0.3) is 0 Å². The first-order valence-electron chi connectivity index (χ1n) is 4.79. The monoisotopic (exact) mass is 194 g/mol. The summed E-state index contributed by atoms with van der Waals surface area (Å²) in [6, 6.07) is 7.52. The molecular weight excluding hydrogens is 180 g/mol. The van der Waals surface area contributed by atoms with Gasteiger partial charge < -0.3 is 14.6 Å². The highest BCUT2D eigenvalue weighted by molar-refractivity contribution is 5.34. The summed E-state index contributed by atoms with van der Waals surface area (Å²) < 4.78 is 10.6. The zero-order valence-electron chi connectivity index (χ0n) is 8.14. The highest BCUT2D eigenvalue weighted by Crippen LogP contribution is 2.25. The zero-order chi connectivity index (χ0) is 9.97. The summed E-state index contributed by atoms with van der Waals surface area (Å²) in [5, 5.41) is 9.47. The van der Waals surface area contributed by atoms with Gasteiger partial charge in [0.2, 0.25) is 0 Å². The molecule has 1 aromatic carbocycles. The van der Waals surface area contributed by atoms with Crippen LogP contribution in [0.1, 0.15) is 18.6 Å². The molecule has 0 radical (unpaired) electrons. The second-order valence-electron chi connectivity index (χ2n) is 3.48. The molecular formula is C11H14O3. The lowest BCUT2D eigenvalue weighted by Gasteiger charge is -2.12. The van der Waals surface area contributed by atoms with Crippen LogP contribution in [-0.4, -0.2) is 24.4 Å². The van der Waals surface area contributed by atoms with Crippen molar-refractivity contribution in [1.29, 1.82) is 0 Å². The molecule has 1 aliphatic heterocycles. The number of epoxide rings is 1. The minimum atomic E-state index is -0.494. The molecule has 2 atom stereocenters. The molecule has 3 nitrogen and oxygen atoms in total.